The van der Waals surface area contributed by atoms with E-state index in [1.807, 2.05) is 0 Å². The number of carbonyl (C=O) groups excluding carboxylic acids is 2. The van der Waals surface area contributed by atoms with Crippen LogP contribution in [0, 0.1) is 20.2 Å². The summed E-state index contributed by atoms with van der Waals surface area (Å²) in [7, 11) is 0. The fourth-order valence-electron chi connectivity index (χ4n) is 2.49. The molecule has 30 heavy (non-hydrogen) atoms. The van der Waals surface area contributed by atoms with Gasteiger partial charge in [0, 0.05) is 17.8 Å². The highest BCUT2D eigenvalue weighted by atomic mass is 16.6. The highest BCUT2D eigenvalue weighted by molar-refractivity contribution is 6.06. The molecule has 0 fully saturated rings. The largest absolute Gasteiger partial charge is 0.461 e. The summed E-state index contributed by atoms with van der Waals surface area (Å²) < 4.78 is 5.00. The molecule has 1 N–H and O–H groups in total. The van der Waals surface area contributed by atoms with Gasteiger partial charge in [-0.3, -0.25) is 29.8 Å². The molecule has 0 aliphatic carbocycles. The highest BCUT2D eigenvalue weighted by Gasteiger charge is 2.20. The second kappa shape index (κ2) is 8.61. The Balaban J connectivity index is 1.72. The first-order valence-electron chi connectivity index (χ1n) is 8.45. The molecule has 0 saturated carbocycles. The third kappa shape index (κ3) is 4.81. The minimum Gasteiger partial charge on any atom is -0.461 e. The third-order valence-corrected chi connectivity index (χ3v) is 3.95. The molecule has 10 nitrogen and oxygen atoms in total. The van der Waals surface area contributed by atoms with Gasteiger partial charge in [-0.2, -0.15) is 0 Å². The van der Waals surface area contributed by atoms with E-state index in [2.05, 4.69) is 5.32 Å². The van der Waals surface area contributed by atoms with Gasteiger partial charge < -0.3 is 9.73 Å². The highest BCUT2D eigenvalue weighted by Crippen LogP contribution is 2.23. The van der Waals surface area contributed by atoms with Crippen molar-refractivity contribution >= 4 is 34.8 Å². The van der Waals surface area contributed by atoms with Crippen LogP contribution in [0.5, 0.6) is 0 Å². The molecular formula is C20H13N3O7. The first kappa shape index (κ1) is 20.1. The number of nitrogens with one attached hydrogen (secondary N) is 1. The van der Waals surface area contributed by atoms with Crippen LogP contribution < -0.4 is 5.32 Å². The number of nitro groups is 2. The zero-order valence-electron chi connectivity index (χ0n) is 15.2. The monoisotopic (exact) mass is 407 g/mol. The number of nitro benzene ring substituents is 2. The van der Waals surface area contributed by atoms with Crippen LogP contribution in [0.3, 0.4) is 0 Å². The number of hydrogen-bond donors (Lipinski definition) is 1. The fraction of sp³-hybridized carbons (Fsp3) is 0. The Bertz CT molecular complexity index is 1120. The van der Waals surface area contributed by atoms with Gasteiger partial charge >= 0.3 is 0 Å². The average Bonchev–Trinajstić information content (AvgIpc) is 3.27. The molecule has 0 spiro atoms. The Labute approximate surface area is 168 Å². The molecule has 1 amide bonds. The first-order valence-corrected chi connectivity index (χ1v) is 8.45. The maximum Gasteiger partial charge on any atom is 0.277 e. The molecule has 0 bridgehead atoms. The maximum absolute atomic E-state index is 12.4. The lowest BCUT2D eigenvalue weighted by Gasteiger charge is -2.06. The lowest BCUT2D eigenvalue weighted by Crippen LogP contribution is -2.12. The quantitative estimate of drug-likeness (QED) is 0.267. The topological polar surface area (TPSA) is 146 Å². The molecule has 0 saturated heterocycles. The Morgan fingerprint density at radius 1 is 0.933 bits per heavy atom. The normalized spacial score (nSPS) is 10.7. The molecule has 3 aromatic rings. The predicted molar refractivity (Wildman–Crippen MR) is 106 cm³/mol. The summed E-state index contributed by atoms with van der Waals surface area (Å²) in [5.74, 6) is -0.830. The van der Waals surface area contributed by atoms with E-state index in [9.17, 15) is 29.8 Å². The summed E-state index contributed by atoms with van der Waals surface area (Å²) in [6.07, 6.45) is 4.31. The molecule has 0 aliphatic heterocycles. The average molecular weight is 407 g/mol. The molecule has 1 heterocycles. The minimum atomic E-state index is -0.811. The Kier molecular flexibility index (Phi) is 5.78. The summed E-state index contributed by atoms with van der Waals surface area (Å²) in [4.78, 5) is 44.5. The summed E-state index contributed by atoms with van der Waals surface area (Å²) in [5.41, 5.74) is -0.293. The Morgan fingerprint density at radius 3 is 2.10 bits per heavy atom. The molecule has 150 valence electrons. The molecule has 0 radical (unpaired) electrons. The second-order valence-electron chi connectivity index (χ2n) is 6.00. The molecule has 1 aromatic heterocycles. The van der Waals surface area contributed by atoms with Gasteiger partial charge in [0.05, 0.1) is 27.7 Å². The van der Waals surface area contributed by atoms with E-state index in [1.165, 1.54) is 12.3 Å². The molecular weight excluding hydrogens is 394 g/mol. The van der Waals surface area contributed by atoms with Crippen molar-refractivity contribution in [3.63, 3.8) is 0 Å². The number of nitrogens with zero attached hydrogens (tertiary/aromatic N) is 2. The number of non-ortho nitro benzene ring substituents is 2. The smallest absolute Gasteiger partial charge is 0.277 e. The maximum atomic E-state index is 12.4. The van der Waals surface area contributed by atoms with Crippen LogP contribution in [-0.4, -0.2) is 21.5 Å². The van der Waals surface area contributed by atoms with E-state index in [4.69, 9.17) is 4.42 Å². The second-order valence-corrected chi connectivity index (χ2v) is 6.00. The number of amides is 1. The zero-order chi connectivity index (χ0) is 21.7. The summed E-state index contributed by atoms with van der Waals surface area (Å²) in [5, 5.41) is 24.4. The number of hydrogen-bond acceptors (Lipinski definition) is 7. The van der Waals surface area contributed by atoms with E-state index in [0.717, 1.165) is 18.2 Å². The van der Waals surface area contributed by atoms with Crippen molar-refractivity contribution in [2.45, 2.75) is 0 Å². The van der Waals surface area contributed by atoms with Gasteiger partial charge in [-0.05, 0) is 35.9 Å². The first-order chi connectivity index (χ1) is 14.3. The Morgan fingerprint density at radius 2 is 1.57 bits per heavy atom. The van der Waals surface area contributed by atoms with Crippen molar-refractivity contribution in [3.05, 3.63) is 104 Å². The summed E-state index contributed by atoms with van der Waals surface area (Å²) in [6.45, 7) is 0. The number of carbonyl (C=O) groups is 2. The van der Waals surface area contributed by atoms with Gasteiger partial charge in [-0.15, -0.1) is 0 Å². The fourth-order valence-corrected chi connectivity index (χ4v) is 2.49. The van der Waals surface area contributed by atoms with Crippen molar-refractivity contribution in [1.29, 1.82) is 0 Å². The van der Waals surface area contributed by atoms with Crippen LogP contribution in [0.25, 0.3) is 6.08 Å². The van der Waals surface area contributed by atoms with Crippen molar-refractivity contribution in [3.8, 4) is 0 Å². The standard InChI is InChI=1S/C20H13N3O7/c24-18(19-2-1-9-30-19)8-5-13-3-6-15(7-4-13)21-20(25)14-10-16(22(26)27)12-17(11-14)23(28)29/h1-12H,(H,21,25)/b8-5-. The van der Waals surface area contributed by atoms with E-state index in [-0.39, 0.29) is 17.1 Å². The van der Waals surface area contributed by atoms with Crippen molar-refractivity contribution in [2.24, 2.45) is 0 Å². The van der Waals surface area contributed by atoms with Crippen LogP contribution in [0.2, 0.25) is 0 Å². The molecule has 3 rings (SSSR count). The van der Waals surface area contributed by atoms with Crippen LogP contribution in [0.1, 0.15) is 26.5 Å². The van der Waals surface area contributed by atoms with Gasteiger partial charge in [-0.25, -0.2) is 0 Å². The van der Waals surface area contributed by atoms with E-state index < -0.39 is 27.1 Å². The van der Waals surface area contributed by atoms with Gasteiger partial charge in [0.25, 0.3) is 17.3 Å². The van der Waals surface area contributed by atoms with Gasteiger partial charge in [0.15, 0.2) is 5.76 Å². The summed E-state index contributed by atoms with van der Waals surface area (Å²) in [6, 6.07) is 12.2. The lowest BCUT2D eigenvalue weighted by molar-refractivity contribution is -0.394. The van der Waals surface area contributed by atoms with E-state index in [0.29, 0.717) is 11.3 Å². The molecule has 0 atom stereocenters. The van der Waals surface area contributed by atoms with Gasteiger partial charge in [0.2, 0.25) is 5.78 Å². The molecule has 0 unspecified atom stereocenters. The number of ketones is 1. The SMILES string of the molecule is O=C(Nc1ccc(/C=C\C(=O)c2ccco2)cc1)c1cc([N+](=O)[O-])cc([N+](=O)[O-])c1. The number of furan rings is 1. The molecule has 0 aliphatic rings. The van der Waals surface area contributed by atoms with Crippen molar-refractivity contribution < 1.29 is 23.9 Å². The number of allylic oxidation sites excluding steroid dienone is 1. The third-order valence-electron chi connectivity index (χ3n) is 3.95. The zero-order valence-corrected chi connectivity index (χ0v) is 15.2. The predicted octanol–water partition coefficient (Wildman–Crippen LogP) is 4.24. The van der Waals surface area contributed by atoms with Crippen LogP contribution >= 0.6 is 0 Å². The number of rotatable bonds is 7. The van der Waals surface area contributed by atoms with Crippen molar-refractivity contribution in [2.75, 3.05) is 5.32 Å². The van der Waals surface area contributed by atoms with Crippen LogP contribution in [0.4, 0.5) is 17.1 Å². The van der Waals surface area contributed by atoms with E-state index >= 15 is 0 Å². The van der Waals surface area contributed by atoms with Crippen molar-refractivity contribution in [1.82, 2.24) is 0 Å². The number of benzene rings is 2. The lowest BCUT2D eigenvalue weighted by atomic mass is 10.1. The van der Waals surface area contributed by atoms with E-state index in [1.54, 1.807) is 42.5 Å². The van der Waals surface area contributed by atoms with Crippen LogP contribution in [0.15, 0.2) is 71.4 Å². The summed E-state index contributed by atoms with van der Waals surface area (Å²) >= 11 is 0. The Hall–Kier alpha value is -4.60. The van der Waals surface area contributed by atoms with Gasteiger partial charge in [0.1, 0.15) is 0 Å². The molecule has 10 heteroatoms. The number of anilines is 1. The molecule has 2 aromatic carbocycles. The van der Waals surface area contributed by atoms with Crippen LogP contribution in [-0.2, 0) is 0 Å². The van der Waals surface area contributed by atoms with Gasteiger partial charge in [-0.1, -0.05) is 18.2 Å². The minimum absolute atomic E-state index is 0.209.